The number of aliphatic hydroxyl groups excluding tert-OH is 1. The van der Waals surface area contributed by atoms with Crippen molar-refractivity contribution in [2.45, 2.75) is 37.2 Å². The first-order valence-corrected chi connectivity index (χ1v) is 3.91. The second-order valence-corrected chi connectivity index (χ2v) is 2.82. The molecule has 8 heteroatoms. The summed E-state index contributed by atoms with van der Waals surface area (Å²) in [5.41, 5.74) is 0. The molecule has 0 aliphatic rings. The van der Waals surface area contributed by atoms with E-state index in [1.807, 2.05) is 0 Å². The van der Waals surface area contributed by atoms with E-state index < -0.39 is 43.9 Å². The maximum Gasteiger partial charge on any atom is 0.231 e. The quantitative estimate of drug-likeness (QED) is 0.705. The molecule has 92 valence electrons. The minimum absolute atomic E-state index is 1.91. The predicted molar refractivity (Wildman–Crippen MR) is 37.6 cm³/mol. The van der Waals surface area contributed by atoms with Crippen molar-refractivity contribution in [2.75, 3.05) is 6.67 Å². The summed E-state index contributed by atoms with van der Waals surface area (Å²) >= 11 is 0. The first-order chi connectivity index (χ1) is 6.82. The molecule has 0 aliphatic carbocycles. The van der Waals surface area contributed by atoms with Gasteiger partial charge in [0.2, 0.25) is 6.36 Å². The normalized spacial score (nSPS) is 24.0. The van der Waals surface area contributed by atoms with E-state index in [1.54, 1.807) is 0 Å². The van der Waals surface area contributed by atoms with E-state index in [2.05, 4.69) is 0 Å². The summed E-state index contributed by atoms with van der Waals surface area (Å²) < 4.78 is 85.2. The lowest BCUT2D eigenvalue weighted by atomic mass is 10.0. The molecule has 0 radical (unpaired) electrons. The molecule has 0 aromatic heterocycles. The van der Waals surface area contributed by atoms with Crippen molar-refractivity contribution >= 4 is 0 Å². The molecular formula is C7H9F7O. The first kappa shape index (κ1) is 14.5. The zero-order chi connectivity index (χ0) is 12.2. The molecule has 6 atom stereocenters. The molecular weight excluding hydrogens is 233 g/mol. The summed E-state index contributed by atoms with van der Waals surface area (Å²) in [6, 6.07) is 0. The van der Waals surface area contributed by atoms with Crippen LogP contribution in [0.4, 0.5) is 30.7 Å². The van der Waals surface area contributed by atoms with E-state index in [4.69, 9.17) is 5.11 Å². The lowest BCUT2D eigenvalue weighted by Gasteiger charge is -2.21. The molecule has 0 saturated heterocycles. The van der Waals surface area contributed by atoms with Gasteiger partial charge in [-0.3, -0.25) is 0 Å². The standard InChI is InChI=1S/C7H9F7O/c8-1-2(9)3(10)4(11)5(12)6(13)7(14)15/h2-7,15H,1H2. The Hall–Kier alpha value is -0.530. The van der Waals surface area contributed by atoms with Gasteiger partial charge >= 0.3 is 0 Å². The SMILES string of the molecule is OC(F)C(F)C(F)C(F)C(F)C(F)CF. The number of aliphatic hydroxyl groups is 1. The Morgan fingerprint density at radius 3 is 1.47 bits per heavy atom. The van der Waals surface area contributed by atoms with Crippen LogP contribution in [0.2, 0.25) is 0 Å². The molecule has 0 amide bonds. The zero-order valence-corrected chi connectivity index (χ0v) is 7.26. The highest BCUT2D eigenvalue weighted by Crippen LogP contribution is 2.23. The molecule has 0 aromatic rings. The van der Waals surface area contributed by atoms with Gasteiger partial charge in [0, 0.05) is 0 Å². The number of hydrogen-bond acceptors (Lipinski definition) is 1. The number of hydrogen-bond donors (Lipinski definition) is 1. The highest BCUT2D eigenvalue weighted by molar-refractivity contribution is 4.86. The number of halogens is 7. The summed E-state index contributed by atoms with van der Waals surface area (Å²) in [5, 5.41) is 7.88. The van der Waals surface area contributed by atoms with Gasteiger partial charge in [-0.25, -0.2) is 30.7 Å². The van der Waals surface area contributed by atoms with Gasteiger partial charge in [-0.1, -0.05) is 0 Å². The van der Waals surface area contributed by atoms with E-state index >= 15 is 0 Å². The van der Waals surface area contributed by atoms with E-state index in [0.29, 0.717) is 0 Å². The van der Waals surface area contributed by atoms with E-state index in [-0.39, 0.29) is 0 Å². The molecule has 0 aromatic carbocycles. The Morgan fingerprint density at radius 2 is 1.13 bits per heavy atom. The van der Waals surface area contributed by atoms with Gasteiger partial charge in [-0.15, -0.1) is 0 Å². The summed E-state index contributed by atoms with van der Waals surface area (Å²) in [4.78, 5) is 0. The van der Waals surface area contributed by atoms with Gasteiger partial charge in [0.25, 0.3) is 0 Å². The maximum absolute atomic E-state index is 12.6. The van der Waals surface area contributed by atoms with Crippen molar-refractivity contribution in [1.82, 2.24) is 0 Å². The maximum atomic E-state index is 12.6. The molecule has 0 heterocycles. The van der Waals surface area contributed by atoms with Crippen molar-refractivity contribution in [2.24, 2.45) is 0 Å². The van der Waals surface area contributed by atoms with Crippen LogP contribution in [0.15, 0.2) is 0 Å². The highest BCUT2D eigenvalue weighted by Gasteiger charge is 2.42. The smallest absolute Gasteiger partial charge is 0.231 e. The van der Waals surface area contributed by atoms with Gasteiger partial charge in [0.15, 0.2) is 30.9 Å². The molecule has 1 nitrogen and oxygen atoms in total. The Kier molecular flexibility index (Phi) is 5.92. The Balaban J connectivity index is 4.36. The minimum Gasteiger partial charge on any atom is -0.362 e. The summed E-state index contributed by atoms with van der Waals surface area (Å²) in [5.74, 6) is 0. The van der Waals surface area contributed by atoms with Crippen LogP contribution < -0.4 is 0 Å². The first-order valence-electron chi connectivity index (χ1n) is 3.91. The lowest BCUT2D eigenvalue weighted by Crippen LogP contribution is -2.43. The fourth-order valence-electron chi connectivity index (χ4n) is 0.788. The van der Waals surface area contributed by atoms with Crippen LogP contribution >= 0.6 is 0 Å². The van der Waals surface area contributed by atoms with Crippen LogP contribution in [-0.2, 0) is 0 Å². The fraction of sp³-hybridized carbons (Fsp3) is 1.00. The highest BCUT2D eigenvalue weighted by atomic mass is 19.2. The number of alkyl halides is 7. The molecule has 0 bridgehead atoms. The van der Waals surface area contributed by atoms with Gasteiger partial charge < -0.3 is 5.11 Å². The molecule has 15 heavy (non-hydrogen) atoms. The zero-order valence-electron chi connectivity index (χ0n) is 7.26. The van der Waals surface area contributed by atoms with Crippen molar-refractivity contribution in [1.29, 1.82) is 0 Å². The summed E-state index contributed by atoms with van der Waals surface area (Å²) in [7, 11) is 0. The second-order valence-electron chi connectivity index (χ2n) is 2.82. The van der Waals surface area contributed by atoms with Crippen LogP contribution in [0, 0.1) is 0 Å². The third-order valence-corrected chi connectivity index (χ3v) is 1.67. The van der Waals surface area contributed by atoms with Gasteiger partial charge in [0.05, 0.1) is 0 Å². The average molecular weight is 242 g/mol. The third kappa shape index (κ3) is 3.84. The van der Waals surface area contributed by atoms with Crippen molar-refractivity contribution in [3.63, 3.8) is 0 Å². The molecule has 0 aliphatic heterocycles. The second kappa shape index (κ2) is 6.14. The minimum atomic E-state index is -3.40. The largest absolute Gasteiger partial charge is 0.362 e. The van der Waals surface area contributed by atoms with Gasteiger partial charge in [-0.05, 0) is 0 Å². The Morgan fingerprint density at radius 1 is 0.733 bits per heavy atom. The van der Waals surface area contributed by atoms with E-state index in [9.17, 15) is 30.7 Å². The molecule has 0 spiro atoms. The van der Waals surface area contributed by atoms with Gasteiger partial charge in [0.1, 0.15) is 6.67 Å². The van der Waals surface area contributed by atoms with Gasteiger partial charge in [-0.2, -0.15) is 0 Å². The predicted octanol–water partition coefficient (Wildman–Crippen LogP) is 1.93. The van der Waals surface area contributed by atoms with Crippen LogP contribution in [0.5, 0.6) is 0 Å². The van der Waals surface area contributed by atoms with Crippen LogP contribution in [-0.4, -0.2) is 49.0 Å². The Bertz CT molecular complexity index is 179. The monoisotopic (exact) mass is 242 g/mol. The summed E-state index contributed by atoms with van der Waals surface area (Å²) in [6.45, 7) is -1.91. The molecule has 6 unspecified atom stereocenters. The fourth-order valence-corrected chi connectivity index (χ4v) is 0.788. The molecule has 1 N–H and O–H groups in total. The topological polar surface area (TPSA) is 20.2 Å². The van der Waals surface area contributed by atoms with E-state index in [1.165, 1.54) is 0 Å². The Labute approximate surface area is 80.9 Å². The summed E-state index contributed by atoms with van der Waals surface area (Å²) in [6.07, 6.45) is -19.7. The van der Waals surface area contributed by atoms with Crippen LogP contribution in [0.3, 0.4) is 0 Å². The molecule has 0 saturated carbocycles. The van der Waals surface area contributed by atoms with Crippen molar-refractivity contribution in [3.8, 4) is 0 Å². The average Bonchev–Trinajstić information content (AvgIpc) is 2.23. The van der Waals surface area contributed by atoms with Crippen molar-refractivity contribution in [3.05, 3.63) is 0 Å². The lowest BCUT2D eigenvalue weighted by molar-refractivity contribution is -0.0876. The van der Waals surface area contributed by atoms with Crippen LogP contribution in [0.25, 0.3) is 0 Å². The third-order valence-electron chi connectivity index (χ3n) is 1.67. The number of rotatable bonds is 6. The van der Waals surface area contributed by atoms with Crippen LogP contribution in [0.1, 0.15) is 0 Å². The van der Waals surface area contributed by atoms with E-state index in [0.717, 1.165) is 0 Å². The van der Waals surface area contributed by atoms with Crippen molar-refractivity contribution < 1.29 is 35.8 Å². The molecule has 0 fully saturated rings. The molecule has 0 rings (SSSR count).